The first-order valence-corrected chi connectivity index (χ1v) is 9.83. The lowest BCUT2D eigenvalue weighted by atomic mass is 10.2. The monoisotopic (exact) mass is 401 g/mol. The number of hydrogen-bond donors (Lipinski definition) is 1. The van der Waals surface area contributed by atoms with Gasteiger partial charge in [-0.2, -0.15) is 10.2 Å². The highest BCUT2D eigenvalue weighted by Gasteiger charge is 2.11. The van der Waals surface area contributed by atoms with Gasteiger partial charge < -0.3 is 9.90 Å². The number of aromatic carboxylic acids is 1. The van der Waals surface area contributed by atoms with Crippen LogP contribution < -0.4 is 10.5 Å². The summed E-state index contributed by atoms with van der Waals surface area (Å²) >= 11 is 1.62. The minimum atomic E-state index is -1.20. The van der Waals surface area contributed by atoms with Gasteiger partial charge in [-0.25, -0.2) is 0 Å². The first-order chi connectivity index (χ1) is 14.2. The van der Waals surface area contributed by atoms with E-state index in [-0.39, 0.29) is 5.56 Å². The van der Waals surface area contributed by atoms with Crippen LogP contribution >= 0.6 is 11.3 Å². The number of hydrogen-bond acceptors (Lipinski definition) is 6. The van der Waals surface area contributed by atoms with Crippen LogP contribution in [0.25, 0.3) is 10.6 Å². The lowest BCUT2D eigenvalue weighted by Crippen LogP contribution is -2.21. The predicted octanol–water partition coefficient (Wildman–Crippen LogP) is 3.47. The molecular formula is C22H17N4O2S-. The molecule has 0 atom stereocenters. The molecule has 29 heavy (non-hydrogen) atoms. The van der Waals surface area contributed by atoms with E-state index < -0.39 is 5.97 Å². The number of nitrogens with zero attached hydrogens (tertiary/aromatic N) is 3. The lowest BCUT2D eigenvalue weighted by Gasteiger charge is -2.03. The minimum Gasteiger partial charge on any atom is -0.545 e. The topological polar surface area (TPSA) is 82.3 Å². The quantitative estimate of drug-likeness (QED) is 0.380. The van der Waals surface area contributed by atoms with E-state index in [0.717, 1.165) is 16.1 Å². The standard InChI is InChI=1S/C22H18N4O2S/c27-22(28)17-8-10-19(11-9-17)24-23-13-18-15-26(14-16-5-2-1-3-6-16)25-21(18)20-7-4-12-29-20/h1-13,15,24H,14H2,(H,27,28)/p-1/b23-13-. The van der Waals surface area contributed by atoms with Gasteiger partial charge in [0.2, 0.25) is 0 Å². The molecule has 6 nitrogen and oxygen atoms in total. The van der Waals surface area contributed by atoms with E-state index in [4.69, 9.17) is 5.10 Å². The smallest absolute Gasteiger partial charge is 0.111 e. The number of nitrogens with one attached hydrogen (secondary N) is 1. The Morgan fingerprint density at radius 3 is 2.59 bits per heavy atom. The summed E-state index contributed by atoms with van der Waals surface area (Å²) in [7, 11) is 0. The fourth-order valence-electron chi connectivity index (χ4n) is 2.84. The highest BCUT2D eigenvalue weighted by Crippen LogP contribution is 2.26. The van der Waals surface area contributed by atoms with Crippen LogP contribution in [0.15, 0.2) is 83.4 Å². The van der Waals surface area contributed by atoms with Crippen molar-refractivity contribution in [1.29, 1.82) is 0 Å². The van der Waals surface area contributed by atoms with E-state index in [0.29, 0.717) is 12.2 Å². The number of anilines is 1. The Hall–Kier alpha value is -3.71. The number of rotatable bonds is 7. The summed E-state index contributed by atoms with van der Waals surface area (Å²) in [5.41, 5.74) is 6.65. The maximum Gasteiger partial charge on any atom is 0.111 e. The van der Waals surface area contributed by atoms with Crippen molar-refractivity contribution in [2.24, 2.45) is 5.10 Å². The third kappa shape index (κ3) is 4.59. The molecule has 2 heterocycles. The molecule has 1 N–H and O–H groups in total. The maximum absolute atomic E-state index is 10.8. The summed E-state index contributed by atoms with van der Waals surface area (Å²) < 4.78 is 1.90. The molecule has 2 aromatic heterocycles. The summed E-state index contributed by atoms with van der Waals surface area (Å²) in [4.78, 5) is 11.9. The van der Waals surface area contributed by atoms with Crippen molar-refractivity contribution in [3.05, 3.63) is 95.0 Å². The van der Waals surface area contributed by atoms with Gasteiger partial charge in [-0.15, -0.1) is 11.3 Å². The van der Waals surface area contributed by atoms with E-state index >= 15 is 0 Å². The van der Waals surface area contributed by atoms with Gasteiger partial charge in [0, 0.05) is 11.8 Å². The molecule has 7 heteroatoms. The first kappa shape index (κ1) is 18.6. The zero-order chi connectivity index (χ0) is 20.1. The van der Waals surface area contributed by atoms with Crippen molar-refractivity contribution in [1.82, 2.24) is 9.78 Å². The van der Waals surface area contributed by atoms with Crippen LogP contribution in [0.1, 0.15) is 21.5 Å². The molecule has 0 unspecified atom stereocenters. The van der Waals surface area contributed by atoms with Crippen molar-refractivity contribution in [3.63, 3.8) is 0 Å². The molecule has 0 fully saturated rings. The van der Waals surface area contributed by atoms with Gasteiger partial charge in [0.25, 0.3) is 0 Å². The molecule has 0 aliphatic carbocycles. The van der Waals surface area contributed by atoms with Crippen LogP contribution in [-0.2, 0) is 6.54 Å². The Balaban J connectivity index is 1.55. The summed E-state index contributed by atoms with van der Waals surface area (Å²) in [6.07, 6.45) is 3.68. The van der Waals surface area contributed by atoms with Gasteiger partial charge in [-0.1, -0.05) is 48.5 Å². The predicted molar refractivity (Wildman–Crippen MR) is 113 cm³/mol. The molecule has 2 aromatic carbocycles. The third-order valence-electron chi connectivity index (χ3n) is 4.25. The lowest BCUT2D eigenvalue weighted by molar-refractivity contribution is -0.255. The summed E-state index contributed by atoms with van der Waals surface area (Å²) in [5.74, 6) is -1.20. The summed E-state index contributed by atoms with van der Waals surface area (Å²) in [6.45, 7) is 0.672. The minimum absolute atomic E-state index is 0.127. The van der Waals surface area contributed by atoms with Crippen molar-refractivity contribution in [3.8, 4) is 10.6 Å². The normalized spacial score (nSPS) is 11.0. The van der Waals surface area contributed by atoms with Crippen molar-refractivity contribution >= 4 is 29.2 Å². The van der Waals surface area contributed by atoms with Crippen LogP contribution in [0.4, 0.5) is 5.69 Å². The van der Waals surface area contributed by atoms with Crippen molar-refractivity contribution in [2.45, 2.75) is 6.54 Å². The van der Waals surface area contributed by atoms with Gasteiger partial charge in [-0.3, -0.25) is 10.1 Å². The molecule has 0 spiro atoms. The number of aromatic nitrogens is 2. The van der Waals surface area contributed by atoms with Gasteiger partial charge in [-0.05, 0) is 34.7 Å². The highest BCUT2D eigenvalue weighted by atomic mass is 32.1. The van der Waals surface area contributed by atoms with Gasteiger partial charge in [0.1, 0.15) is 5.69 Å². The van der Waals surface area contributed by atoms with E-state index in [1.54, 1.807) is 29.7 Å². The van der Waals surface area contributed by atoms with Gasteiger partial charge >= 0.3 is 0 Å². The zero-order valence-corrected chi connectivity index (χ0v) is 16.2. The SMILES string of the molecule is O=C([O-])c1ccc(N/N=C\c2cn(Cc3ccccc3)nc2-c2cccs2)cc1. The number of carbonyl (C=O) groups is 1. The van der Waals surface area contributed by atoms with Gasteiger partial charge in [0.15, 0.2) is 0 Å². The second kappa shape index (κ2) is 8.53. The molecule has 144 valence electrons. The van der Waals surface area contributed by atoms with Crippen LogP contribution in [-0.4, -0.2) is 22.0 Å². The van der Waals surface area contributed by atoms with E-state index in [2.05, 4.69) is 22.7 Å². The fraction of sp³-hybridized carbons (Fsp3) is 0.0455. The average molecular weight is 401 g/mol. The number of hydrazone groups is 1. The van der Waals surface area contributed by atoms with Crippen molar-refractivity contribution < 1.29 is 9.90 Å². The Labute approximate surface area is 171 Å². The molecule has 4 rings (SSSR count). The second-order valence-corrected chi connectivity index (χ2v) is 7.28. The number of benzene rings is 2. The van der Waals surface area contributed by atoms with E-state index in [1.807, 2.05) is 46.6 Å². The van der Waals surface area contributed by atoms with Crippen LogP contribution in [0.3, 0.4) is 0 Å². The molecule has 4 aromatic rings. The molecule has 0 radical (unpaired) electrons. The summed E-state index contributed by atoms with van der Waals surface area (Å²) in [6, 6.07) is 20.4. The Bertz CT molecular complexity index is 1120. The molecule has 0 saturated heterocycles. The van der Waals surface area contributed by atoms with E-state index in [9.17, 15) is 9.90 Å². The Morgan fingerprint density at radius 1 is 1.10 bits per heavy atom. The Morgan fingerprint density at radius 2 is 1.90 bits per heavy atom. The zero-order valence-electron chi connectivity index (χ0n) is 15.4. The van der Waals surface area contributed by atoms with Crippen LogP contribution in [0.5, 0.6) is 0 Å². The van der Waals surface area contributed by atoms with Gasteiger partial charge in [0.05, 0.1) is 29.3 Å². The number of carbonyl (C=O) groups excluding carboxylic acids is 1. The fourth-order valence-corrected chi connectivity index (χ4v) is 3.58. The molecule has 0 aliphatic rings. The van der Waals surface area contributed by atoms with Crippen LogP contribution in [0, 0.1) is 0 Å². The molecular weight excluding hydrogens is 384 g/mol. The Kier molecular flexibility index (Phi) is 5.49. The van der Waals surface area contributed by atoms with Crippen molar-refractivity contribution in [2.75, 3.05) is 5.43 Å². The number of carboxylic acids is 1. The summed E-state index contributed by atoms with van der Waals surface area (Å²) in [5, 5.41) is 21.9. The maximum atomic E-state index is 10.8. The highest BCUT2D eigenvalue weighted by molar-refractivity contribution is 7.13. The first-order valence-electron chi connectivity index (χ1n) is 8.95. The molecule has 0 saturated carbocycles. The number of carboxylic acid groups (broad SMARTS) is 1. The average Bonchev–Trinajstić information content (AvgIpc) is 3.39. The second-order valence-electron chi connectivity index (χ2n) is 6.33. The third-order valence-corrected chi connectivity index (χ3v) is 5.13. The molecule has 0 aliphatic heterocycles. The molecule has 0 amide bonds. The molecule has 0 bridgehead atoms. The van der Waals surface area contributed by atoms with Crippen LogP contribution in [0.2, 0.25) is 0 Å². The largest absolute Gasteiger partial charge is 0.545 e. The number of thiophene rings is 1. The van der Waals surface area contributed by atoms with E-state index in [1.165, 1.54) is 17.7 Å².